The second kappa shape index (κ2) is 8.48. The van der Waals surface area contributed by atoms with Gasteiger partial charge in [0, 0.05) is 31.3 Å². The van der Waals surface area contributed by atoms with Crippen LogP contribution in [0.15, 0.2) is 36.8 Å². The fraction of sp³-hybridized carbons (Fsp3) is 0.250. The SMILES string of the molecule is O=C(CCNC(=O)c1ccccc1O)NC(Cc1cnc[nH]1)C(=O)O. The van der Waals surface area contributed by atoms with E-state index in [1.165, 1.54) is 24.7 Å². The Kier molecular flexibility index (Phi) is 6.10. The molecular weight excluding hydrogens is 328 g/mol. The number of aliphatic carboxylic acids is 1. The summed E-state index contributed by atoms with van der Waals surface area (Å²) >= 11 is 0. The molecule has 2 aromatic rings. The number of imidazole rings is 1. The van der Waals surface area contributed by atoms with Gasteiger partial charge in [-0.25, -0.2) is 9.78 Å². The lowest BCUT2D eigenvalue weighted by Crippen LogP contribution is -2.43. The maximum absolute atomic E-state index is 11.9. The van der Waals surface area contributed by atoms with Crippen molar-refractivity contribution >= 4 is 17.8 Å². The quantitative estimate of drug-likeness (QED) is 0.457. The number of carbonyl (C=O) groups is 3. The van der Waals surface area contributed by atoms with E-state index < -0.39 is 23.8 Å². The van der Waals surface area contributed by atoms with Crippen LogP contribution >= 0.6 is 0 Å². The zero-order valence-electron chi connectivity index (χ0n) is 13.2. The number of nitrogens with zero attached hydrogens (tertiary/aromatic N) is 1. The summed E-state index contributed by atoms with van der Waals surface area (Å²) in [6.07, 6.45) is 2.89. The zero-order chi connectivity index (χ0) is 18.2. The highest BCUT2D eigenvalue weighted by molar-refractivity contribution is 5.97. The van der Waals surface area contributed by atoms with E-state index >= 15 is 0 Å². The molecule has 1 unspecified atom stereocenters. The minimum Gasteiger partial charge on any atom is -0.507 e. The van der Waals surface area contributed by atoms with Crippen LogP contribution in [-0.2, 0) is 16.0 Å². The number of aromatic nitrogens is 2. The highest BCUT2D eigenvalue weighted by Gasteiger charge is 2.21. The molecule has 0 aliphatic heterocycles. The van der Waals surface area contributed by atoms with Gasteiger partial charge in [-0.05, 0) is 12.1 Å². The number of rotatable bonds is 8. The van der Waals surface area contributed by atoms with E-state index in [0.717, 1.165) is 0 Å². The minimum atomic E-state index is -1.17. The maximum atomic E-state index is 11.9. The van der Waals surface area contributed by atoms with Crippen LogP contribution in [0.4, 0.5) is 0 Å². The molecule has 0 aliphatic carbocycles. The molecule has 0 saturated heterocycles. The number of para-hydroxylation sites is 1. The molecule has 1 atom stereocenters. The number of carboxylic acids is 1. The molecule has 0 spiro atoms. The maximum Gasteiger partial charge on any atom is 0.326 e. The summed E-state index contributed by atoms with van der Waals surface area (Å²) in [4.78, 5) is 41.5. The standard InChI is InChI=1S/C16H18N4O5/c21-13-4-2-1-3-11(13)15(23)18-6-5-14(22)20-12(16(24)25)7-10-8-17-9-19-10/h1-4,8-9,12,21H,5-7H2,(H,17,19)(H,18,23)(H,20,22)(H,24,25). The van der Waals surface area contributed by atoms with Gasteiger partial charge in [0.05, 0.1) is 11.9 Å². The number of aromatic hydroxyl groups is 1. The van der Waals surface area contributed by atoms with Crippen molar-refractivity contribution in [3.05, 3.63) is 48.0 Å². The molecule has 0 radical (unpaired) electrons. The number of nitrogens with one attached hydrogen (secondary N) is 3. The number of aromatic amines is 1. The van der Waals surface area contributed by atoms with Crippen LogP contribution in [0.5, 0.6) is 5.75 Å². The molecular formula is C16H18N4O5. The Morgan fingerprint density at radius 2 is 2.00 bits per heavy atom. The molecule has 132 valence electrons. The average Bonchev–Trinajstić information content (AvgIpc) is 3.07. The molecule has 0 aliphatic rings. The van der Waals surface area contributed by atoms with Gasteiger partial charge in [0.2, 0.25) is 5.91 Å². The summed E-state index contributed by atoms with van der Waals surface area (Å²) < 4.78 is 0. The lowest BCUT2D eigenvalue weighted by atomic mass is 10.1. The van der Waals surface area contributed by atoms with Gasteiger partial charge < -0.3 is 25.8 Å². The lowest BCUT2D eigenvalue weighted by molar-refractivity contribution is -0.141. The van der Waals surface area contributed by atoms with Crippen LogP contribution in [0.25, 0.3) is 0 Å². The highest BCUT2D eigenvalue weighted by atomic mass is 16.4. The van der Waals surface area contributed by atoms with Gasteiger partial charge in [0.25, 0.3) is 5.91 Å². The van der Waals surface area contributed by atoms with Crippen LogP contribution < -0.4 is 10.6 Å². The summed E-state index contributed by atoms with van der Waals surface area (Å²) in [5.74, 6) is -2.35. The predicted molar refractivity (Wildman–Crippen MR) is 86.9 cm³/mol. The zero-order valence-corrected chi connectivity index (χ0v) is 13.2. The van der Waals surface area contributed by atoms with E-state index in [9.17, 15) is 19.5 Å². The van der Waals surface area contributed by atoms with Gasteiger partial charge in [-0.15, -0.1) is 0 Å². The fourth-order valence-electron chi connectivity index (χ4n) is 2.13. The number of amides is 2. The number of phenolic OH excluding ortho intramolecular Hbond substituents is 1. The molecule has 0 bridgehead atoms. The molecule has 2 rings (SSSR count). The van der Waals surface area contributed by atoms with Gasteiger partial charge in [-0.1, -0.05) is 12.1 Å². The number of hydrogen-bond donors (Lipinski definition) is 5. The number of carbonyl (C=O) groups excluding carboxylic acids is 2. The van der Waals surface area contributed by atoms with Crippen molar-refractivity contribution < 1.29 is 24.6 Å². The Balaban J connectivity index is 1.80. The second-order valence-electron chi connectivity index (χ2n) is 5.26. The largest absolute Gasteiger partial charge is 0.507 e. The van der Waals surface area contributed by atoms with E-state index in [1.54, 1.807) is 12.1 Å². The summed E-state index contributed by atoms with van der Waals surface area (Å²) in [5.41, 5.74) is 0.686. The Morgan fingerprint density at radius 3 is 2.64 bits per heavy atom. The Labute approximate surface area is 143 Å². The molecule has 5 N–H and O–H groups in total. The molecule has 0 fully saturated rings. The minimum absolute atomic E-state index is 0.00932. The van der Waals surface area contributed by atoms with Crippen LogP contribution in [-0.4, -0.2) is 50.6 Å². The van der Waals surface area contributed by atoms with E-state index in [0.29, 0.717) is 5.69 Å². The third-order valence-corrected chi connectivity index (χ3v) is 3.40. The number of hydrogen-bond acceptors (Lipinski definition) is 5. The molecule has 1 aromatic carbocycles. The molecule has 25 heavy (non-hydrogen) atoms. The normalized spacial score (nSPS) is 11.5. The first-order chi connectivity index (χ1) is 12.0. The third kappa shape index (κ3) is 5.34. The van der Waals surface area contributed by atoms with Crippen LogP contribution in [0.2, 0.25) is 0 Å². The van der Waals surface area contributed by atoms with Gasteiger partial charge in [-0.3, -0.25) is 9.59 Å². The van der Waals surface area contributed by atoms with Crippen LogP contribution in [0.1, 0.15) is 22.5 Å². The summed E-state index contributed by atoms with van der Waals surface area (Å²) in [6, 6.07) is 4.94. The molecule has 0 saturated carbocycles. The van der Waals surface area contributed by atoms with E-state index in [1.807, 2.05) is 0 Å². The molecule has 9 heteroatoms. The van der Waals surface area contributed by atoms with E-state index in [2.05, 4.69) is 20.6 Å². The second-order valence-corrected chi connectivity index (χ2v) is 5.26. The summed E-state index contributed by atoms with van der Waals surface area (Å²) in [7, 11) is 0. The van der Waals surface area contributed by atoms with Gasteiger partial charge >= 0.3 is 5.97 Å². The molecule has 1 heterocycles. The Bertz CT molecular complexity index is 745. The molecule has 9 nitrogen and oxygen atoms in total. The van der Waals surface area contributed by atoms with Crippen molar-refractivity contribution in [2.24, 2.45) is 0 Å². The van der Waals surface area contributed by atoms with E-state index in [4.69, 9.17) is 5.11 Å². The van der Waals surface area contributed by atoms with Crippen LogP contribution in [0, 0.1) is 0 Å². The number of benzene rings is 1. The van der Waals surface area contributed by atoms with E-state index in [-0.39, 0.29) is 30.7 Å². The fourth-order valence-corrected chi connectivity index (χ4v) is 2.13. The number of phenols is 1. The lowest BCUT2D eigenvalue weighted by Gasteiger charge is -2.14. The Hall–Kier alpha value is -3.36. The van der Waals surface area contributed by atoms with Crippen LogP contribution in [0.3, 0.4) is 0 Å². The van der Waals surface area contributed by atoms with Crippen molar-refractivity contribution in [3.63, 3.8) is 0 Å². The Morgan fingerprint density at radius 1 is 1.24 bits per heavy atom. The monoisotopic (exact) mass is 346 g/mol. The first-order valence-corrected chi connectivity index (χ1v) is 7.53. The van der Waals surface area contributed by atoms with Gasteiger partial charge in [-0.2, -0.15) is 0 Å². The van der Waals surface area contributed by atoms with Gasteiger partial charge in [0.15, 0.2) is 0 Å². The molecule has 1 aromatic heterocycles. The topological polar surface area (TPSA) is 144 Å². The predicted octanol–water partition coefficient (Wildman–Crippen LogP) is 0.0473. The average molecular weight is 346 g/mol. The first-order valence-electron chi connectivity index (χ1n) is 7.53. The number of H-pyrrole nitrogens is 1. The highest BCUT2D eigenvalue weighted by Crippen LogP contribution is 2.14. The smallest absolute Gasteiger partial charge is 0.326 e. The summed E-state index contributed by atoms with van der Waals surface area (Å²) in [6.45, 7) is 0.00932. The first kappa shape index (κ1) is 18.0. The van der Waals surface area contributed by atoms with Crippen molar-refractivity contribution in [1.29, 1.82) is 0 Å². The molecule has 2 amide bonds. The van der Waals surface area contributed by atoms with Gasteiger partial charge in [0.1, 0.15) is 11.8 Å². The number of carboxylic acid groups (broad SMARTS) is 1. The van der Waals surface area contributed by atoms with Crippen molar-refractivity contribution in [2.45, 2.75) is 18.9 Å². The third-order valence-electron chi connectivity index (χ3n) is 3.40. The van der Waals surface area contributed by atoms with Crippen molar-refractivity contribution in [1.82, 2.24) is 20.6 Å². The van der Waals surface area contributed by atoms with Crippen molar-refractivity contribution in [2.75, 3.05) is 6.54 Å². The summed E-state index contributed by atoms with van der Waals surface area (Å²) in [5, 5.41) is 23.6. The van der Waals surface area contributed by atoms with Crippen molar-refractivity contribution in [3.8, 4) is 5.75 Å².